The molecule has 0 bridgehead atoms. The molecule has 0 unspecified atom stereocenters. The van der Waals surface area contributed by atoms with Crippen LogP contribution >= 0.6 is 25.3 Å². The molecule has 13 heavy (non-hydrogen) atoms. The highest BCUT2D eigenvalue weighted by Gasteiger charge is 2.13. The molecule has 0 N–H and O–H groups in total. The van der Waals surface area contributed by atoms with Crippen molar-refractivity contribution < 1.29 is 0 Å². The Hall–Kier alpha value is -0.600. The fourth-order valence-electron chi connectivity index (χ4n) is 1.22. The lowest BCUT2D eigenvalue weighted by Crippen LogP contribution is -1.97. The molecule has 0 aliphatic carbocycles. The van der Waals surface area contributed by atoms with E-state index >= 15 is 0 Å². The van der Waals surface area contributed by atoms with Gasteiger partial charge in [0.1, 0.15) is 0 Å². The lowest BCUT2D eigenvalue weighted by molar-refractivity contribution is 1.06. The van der Waals surface area contributed by atoms with Gasteiger partial charge < -0.3 is 0 Å². The van der Waals surface area contributed by atoms with E-state index in [0.717, 1.165) is 15.4 Å². The number of thiol groups is 2. The van der Waals surface area contributed by atoms with Crippen molar-refractivity contribution in [1.29, 1.82) is 0 Å². The van der Waals surface area contributed by atoms with Crippen molar-refractivity contribution in [1.82, 2.24) is 0 Å². The lowest BCUT2D eigenvalue weighted by Gasteiger charge is -2.15. The van der Waals surface area contributed by atoms with Crippen molar-refractivity contribution in [2.45, 2.75) is 5.92 Å². The maximum atomic E-state index is 4.24. The molecule has 0 aromatic heterocycles. The van der Waals surface area contributed by atoms with Gasteiger partial charge >= 0.3 is 0 Å². The van der Waals surface area contributed by atoms with E-state index in [-0.39, 0.29) is 5.92 Å². The third-order valence-electron chi connectivity index (χ3n) is 1.80. The average Bonchev–Trinajstić information content (AvgIpc) is 2.04. The maximum absolute atomic E-state index is 4.24. The summed E-state index contributed by atoms with van der Waals surface area (Å²) >= 11 is 8.48. The van der Waals surface area contributed by atoms with E-state index in [1.54, 1.807) is 0 Å². The van der Waals surface area contributed by atoms with Crippen LogP contribution in [0.3, 0.4) is 0 Å². The van der Waals surface area contributed by atoms with Crippen molar-refractivity contribution in [3.8, 4) is 0 Å². The predicted molar refractivity (Wildman–Crippen MR) is 65.4 cm³/mol. The van der Waals surface area contributed by atoms with Crippen molar-refractivity contribution in [2.75, 3.05) is 0 Å². The van der Waals surface area contributed by atoms with E-state index in [2.05, 4.69) is 38.4 Å². The molecule has 0 aliphatic rings. The highest BCUT2D eigenvalue weighted by molar-refractivity contribution is 7.85. The summed E-state index contributed by atoms with van der Waals surface area (Å²) in [5.74, 6) is 0.0351. The van der Waals surface area contributed by atoms with Gasteiger partial charge in [-0.15, -0.1) is 25.3 Å². The van der Waals surface area contributed by atoms with Gasteiger partial charge in [0.25, 0.3) is 0 Å². The summed E-state index contributed by atoms with van der Waals surface area (Å²) in [7, 11) is 0. The lowest BCUT2D eigenvalue weighted by atomic mass is 9.99. The zero-order valence-corrected chi connectivity index (χ0v) is 9.06. The first-order chi connectivity index (χ1) is 6.13. The van der Waals surface area contributed by atoms with Crippen LogP contribution in [0.4, 0.5) is 0 Å². The summed E-state index contributed by atoms with van der Waals surface area (Å²) in [6.07, 6.45) is 0. The van der Waals surface area contributed by atoms with Gasteiger partial charge in [-0.25, -0.2) is 0 Å². The molecule has 0 fully saturated rings. The van der Waals surface area contributed by atoms with Crippen molar-refractivity contribution >= 4 is 25.3 Å². The molecule has 0 saturated carbocycles. The Balaban J connectivity index is 3.03. The number of hydrogen-bond acceptors (Lipinski definition) is 2. The Kier molecular flexibility index (Phi) is 3.70. The van der Waals surface area contributed by atoms with Crippen LogP contribution in [0.5, 0.6) is 0 Å². The Morgan fingerprint density at radius 1 is 1.00 bits per heavy atom. The second kappa shape index (κ2) is 4.58. The molecule has 0 saturated heterocycles. The van der Waals surface area contributed by atoms with Crippen molar-refractivity contribution in [3.63, 3.8) is 0 Å². The molecule has 0 amide bonds. The summed E-state index contributed by atoms with van der Waals surface area (Å²) in [4.78, 5) is 1.54. The number of benzene rings is 1. The maximum Gasteiger partial charge on any atom is 0.0442 e. The molecule has 1 rings (SSSR count). The van der Waals surface area contributed by atoms with E-state index in [0.29, 0.717) is 0 Å². The van der Waals surface area contributed by atoms with Crippen LogP contribution in [0.1, 0.15) is 11.5 Å². The van der Waals surface area contributed by atoms with Gasteiger partial charge in [-0.3, -0.25) is 0 Å². The fraction of sp³-hybridized carbons (Fsp3) is 0.0909. The smallest absolute Gasteiger partial charge is 0.0442 e. The zero-order valence-electron chi connectivity index (χ0n) is 7.27. The molecule has 0 nitrogen and oxygen atoms in total. The van der Waals surface area contributed by atoms with E-state index in [4.69, 9.17) is 0 Å². The summed E-state index contributed by atoms with van der Waals surface area (Å²) in [6.45, 7) is 7.62. The largest absolute Gasteiger partial charge is 0.147 e. The first-order valence-corrected chi connectivity index (χ1v) is 4.83. The third kappa shape index (κ3) is 2.68. The minimum Gasteiger partial charge on any atom is -0.147 e. The average molecular weight is 208 g/mol. The molecule has 0 spiro atoms. The Morgan fingerprint density at radius 3 is 1.85 bits per heavy atom. The highest BCUT2D eigenvalue weighted by atomic mass is 32.1. The van der Waals surface area contributed by atoms with Gasteiger partial charge in [0.15, 0.2) is 0 Å². The standard InChI is InChI=1S/C11H12S2/c1-8(12)11(9(2)13)10-6-4-3-5-7-10/h3-7,11-13H,1-2H2. The van der Waals surface area contributed by atoms with Crippen LogP contribution in [-0.4, -0.2) is 0 Å². The summed E-state index contributed by atoms with van der Waals surface area (Å²) in [5, 5.41) is 0. The van der Waals surface area contributed by atoms with Crippen LogP contribution in [0.15, 0.2) is 53.3 Å². The Labute approximate surface area is 90.2 Å². The summed E-state index contributed by atoms with van der Waals surface area (Å²) in [6, 6.07) is 9.98. The molecular weight excluding hydrogens is 196 g/mol. The first kappa shape index (κ1) is 10.5. The minimum absolute atomic E-state index is 0.0351. The quantitative estimate of drug-likeness (QED) is 0.696. The van der Waals surface area contributed by atoms with Gasteiger partial charge in [-0.1, -0.05) is 43.5 Å². The topological polar surface area (TPSA) is 0 Å². The van der Waals surface area contributed by atoms with Crippen LogP contribution in [0.2, 0.25) is 0 Å². The van der Waals surface area contributed by atoms with E-state index in [1.807, 2.05) is 30.3 Å². The van der Waals surface area contributed by atoms with Gasteiger partial charge in [-0.2, -0.15) is 0 Å². The highest BCUT2D eigenvalue weighted by Crippen LogP contribution is 2.33. The van der Waals surface area contributed by atoms with Crippen molar-refractivity contribution in [3.05, 3.63) is 58.9 Å². The molecule has 2 heteroatoms. The third-order valence-corrected chi connectivity index (χ3v) is 2.32. The number of hydrogen-bond donors (Lipinski definition) is 2. The second-order valence-corrected chi connectivity index (χ2v) is 3.98. The Morgan fingerprint density at radius 2 is 1.46 bits per heavy atom. The molecule has 1 aromatic rings. The van der Waals surface area contributed by atoms with Crippen LogP contribution < -0.4 is 0 Å². The second-order valence-electron chi connectivity index (χ2n) is 2.83. The molecular formula is C11H12S2. The normalized spacial score (nSPS) is 10.1. The van der Waals surface area contributed by atoms with Crippen molar-refractivity contribution in [2.24, 2.45) is 0 Å². The summed E-state index contributed by atoms with van der Waals surface area (Å²) in [5.41, 5.74) is 1.13. The van der Waals surface area contributed by atoms with Gasteiger partial charge in [0.05, 0.1) is 0 Å². The van der Waals surface area contributed by atoms with Crippen LogP contribution in [0.25, 0.3) is 0 Å². The molecule has 0 radical (unpaired) electrons. The molecule has 1 aromatic carbocycles. The predicted octanol–water partition coefficient (Wildman–Crippen LogP) is 3.66. The Bertz CT molecular complexity index is 300. The summed E-state index contributed by atoms with van der Waals surface area (Å²) < 4.78 is 0. The number of rotatable bonds is 3. The minimum atomic E-state index is 0.0351. The molecule has 68 valence electrons. The van der Waals surface area contributed by atoms with E-state index in [9.17, 15) is 0 Å². The van der Waals surface area contributed by atoms with Gasteiger partial charge in [-0.05, 0) is 15.4 Å². The van der Waals surface area contributed by atoms with Gasteiger partial charge in [0.2, 0.25) is 0 Å². The van der Waals surface area contributed by atoms with Gasteiger partial charge in [0, 0.05) is 5.92 Å². The number of allylic oxidation sites excluding steroid dienone is 2. The fourth-order valence-corrected chi connectivity index (χ4v) is 1.93. The zero-order chi connectivity index (χ0) is 9.84. The monoisotopic (exact) mass is 208 g/mol. The van der Waals surface area contributed by atoms with Crippen LogP contribution in [0, 0.1) is 0 Å². The van der Waals surface area contributed by atoms with E-state index in [1.165, 1.54) is 0 Å². The first-order valence-electron chi connectivity index (χ1n) is 3.93. The van der Waals surface area contributed by atoms with Crippen LogP contribution in [-0.2, 0) is 0 Å². The molecule has 0 aliphatic heterocycles. The SMILES string of the molecule is C=C(S)C(C(=C)S)c1ccccc1. The molecule has 0 atom stereocenters. The molecule has 0 heterocycles. The van der Waals surface area contributed by atoms with E-state index < -0.39 is 0 Å².